The number of nitrogens with zero attached hydrogens (tertiary/aromatic N) is 3. The van der Waals surface area contributed by atoms with Gasteiger partial charge in [0.1, 0.15) is 5.75 Å². The van der Waals surface area contributed by atoms with Crippen LogP contribution in [0, 0.1) is 11.3 Å². The third-order valence-corrected chi connectivity index (χ3v) is 4.54. The highest BCUT2D eigenvalue weighted by atomic mass is 16.5. The minimum atomic E-state index is -0.630. The molecule has 27 heavy (non-hydrogen) atoms. The van der Waals surface area contributed by atoms with Gasteiger partial charge in [-0.1, -0.05) is 18.2 Å². The maximum atomic E-state index is 12.6. The minimum Gasteiger partial charge on any atom is -0.481 e. The zero-order valence-electron chi connectivity index (χ0n) is 15.2. The second-order valence-electron chi connectivity index (χ2n) is 6.38. The first kappa shape index (κ1) is 18.5. The normalized spacial score (nSPS) is 15.0. The van der Waals surface area contributed by atoms with E-state index in [1.807, 2.05) is 24.3 Å². The Morgan fingerprint density at radius 1 is 0.963 bits per heavy atom. The van der Waals surface area contributed by atoms with Crippen molar-refractivity contribution in [3.8, 4) is 11.8 Å². The van der Waals surface area contributed by atoms with Crippen LogP contribution in [0.2, 0.25) is 0 Å². The van der Waals surface area contributed by atoms with Gasteiger partial charge in [-0.2, -0.15) is 5.26 Å². The lowest BCUT2D eigenvalue weighted by Gasteiger charge is -2.36. The smallest absolute Gasteiger partial charge is 0.263 e. The van der Waals surface area contributed by atoms with Crippen LogP contribution in [0.25, 0.3) is 0 Å². The lowest BCUT2D eigenvalue weighted by molar-refractivity contribution is -0.139. The molecule has 0 aromatic heterocycles. The second-order valence-corrected chi connectivity index (χ2v) is 6.38. The topological polar surface area (TPSA) is 73.6 Å². The molecule has 2 amide bonds. The van der Waals surface area contributed by atoms with Gasteiger partial charge in [0.05, 0.1) is 11.6 Å². The lowest BCUT2D eigenvalue weighted by atomic mass is 10.2. The summed E-state index contributed by atoms with van der Waals surface area (Å²) < 4.78 is 5.69. The monoisotopic (exact) mass is 363 g/mol. The molecule has 2 aromatic carbocycles. The van der Waals surface area contributed by atoms with E-state index in [9.17, 15) is 9.59 Å². The highest BCUT2D eigenvalue weighted by Gasteiger charge is 2.28. The summed E-state index contributed by atoms with van der Waals surface area (Å²) in [6, 6.07) is 17.9. The molecule has 1 unspecified atom stereocenters. The summed E-state index contributed by atoms with van der Waals surface area (Å²) in [5.41, 5.74) is 1.20. The SMILES string of the molecule is CC(Oc1ccc(C#N)cc1)C(=O)N1CCN(C(=O)c2ccccc2)CC1. The minimum absolute atomic E-state index is 0.00965. The Morgan fingerprint density at radius 2 is 1.56 bits per heavy atom. The van der Waals surface area contributed by atoms with Crippen molar-refractivity contribution in [3.05, 3.63) is 65.7 Å². The van der Waals surface area contributed by atoms with E-state index in [2.05, 4.69) is 0 Å². The zero-order valence-corrected chi connectivity index (χ0v) is 15.2. The van der Waals surface area contributed by atoms with E-state index in [-0.39, 0.29) is 11.8 Å². The number of hydrogen-bond donors (Lipinski definition) is 0. The molecular weight excluding hydrogens is 342 g/mol. The van der Waals surface area contributed by atoms with Gasteiger partial charge >= 0.3 is 0 Å². The Bertz CT molecular complexity index is 835. The van der Waals surface area contributed by atoms with Crippen LogP contribution in [0.4, 0.5) is 0 Å². The first-order valence-electron chi connectivity index (χ1n) is 8.88. The van der Waals surface area contributed by atoms with Gasteiger partial charge in [-0.3, -0.25) is 9.59 Å². The molecule has 1 heterocycles. The highest BCUT2D eigenvalue weighted by Crippen LogP contribution is 2.15. The number of carbonyl (C=O) groups is 2. The molecule has 0 bridgehead atoms. The van der Waals surface area contributed by atoms with Crippen LogP contribution in [0.3, 0.4) is 0 Å². The standard InChI is InChI=1S/C21H21N3O3/c1-16(27-19-9-7-17(15-22)8-10-19)20(25)23-11-13-24(14-12-23)21(26)18-5-3-2-4-6-18/h2-10,16H,11-14H2,1H3. The maximum absolute atomic E-state index is 12.6. The summed E-state index contributed by atoms with van der Waals surface area (Å²) in [5, 5.41) is 8.82. The number of nitriles is 1. The molecular formula is C21H21N3O3. The van der Waals surface area contributed by atoms with Crippen LogP contribution in [0.15, 0.2) is 54.6 Å². The predicted octanol–water partition coefficient (Wildman–Crippen LogP) is 2.31. The van der Waals surface area contributed by atoms with Crippen LogP contribution in [-0.2, 0) is 4.79 Å². The van der Waals surface area contributed by atoms with E-state index in [1.54, 1.807) is 53.1 Å². The van der Waals surface area contributed by atoms with Crippen LogP contribution in [0.1, 0.15) is 22.8 Å². The molecule has 138 valence electrons. The quantitative estimate of drug-likeness (QED) is 0.836. The molecule has 0 aliphatic carbocycles. The summed E-state index contributed by atoms with van der Waals surface area (Å²) in [7, 11) is 0. The first-order valence-corrected chi connectivity index (χ1v) is 8.88. The zero-order chi connectivity index (χ0) is 19.2. The van der Waals surface area contributed by atoms with Crippen molar-refractivity contribution in [2.24, 2.45) is 0 Å². The summed E-state index contributed by atoms with van der Waals surface area (Å²) in [5.74, 6) is 0.434. The molecule has 0 radical (unpaired) electrons. The number of benzene rings is 2. The molecule has 1 aliphatic heterocycles. The Balaban J connectivity index is 1.53. The van der Waals surface area contributed by atoms with E-state index < -0.39 is 6.10 Å². The summed E-state index contributed by atoms with van der Waals surface area (Å²) in [6.07, 6.45) is -0.630. The number of hydrogen-bond acceptors (Lipinski definition) is 4. The first-order chi connectivity index (χ1) is 13.1. The van der Waals surface area contributed by atoms with Crippen molar-refractivity contribution in [2.45, 2.75) is 13.0 Å². The van der Waals surface area contributed by atoms with Crippen LogP contribution in [0.5, 0.6) is 5.75 Å². The van der Waals surface area contributed by atoms with Crippen molar-refractivity contribution in [1.82, 2.24) is 9.80 Å². The fraction of sp³-hybridized carbons (Fsp3) is 0.286. The van der Waals surface area contributed by atoms with Gasteiger partial charge in [0.25, 0.3) is 11.8 Å². The number of carbonyl (C=O) groups excluding carboxylic acids is 2. The average Bonchev–Trinajstić information content (AvgIpc) is 2.74. The van der Waals surface area contributed by atoms with Gasteiger partial charge in [-0.25, -0.2) is 0 Å². The van der Waals surface area contributed by atoms with Crippen molar-refractivity contribution >= 4 is 11.8 Å². The summed E-state index contributed by atoms with van der Waals surface area (Å²) in [4.78, 5) is 28.6. The molecule has 1 aliphatic rings. The predicted molar refractivity (Wildman–Crippen MR) is 100 cm³/mol. The van der Waals surface area contributed by atoms with Crippen LogP contribution < -0.4 is 4.74 Å². The van der Waals surface area contributed by atoms with Crippen molar-refractivity contribution < 1.29 is 14.3 Å². The molecule has 1 saturated heterocycles. The maximum Gasteiger partial charge on any atom is 0.263 e. The van der Waals surface area contributed by atoms with E-state index in [0.717, 1.165) is 0 Å². The van der Waals surface area contributed by atoms with Gasteiger partial charge in [0.15, 0.2) is 6.10 Å². The number of piperazine rings is 1. The van der Waals surface area contributed by atoms with Crippen molar-refractivity contribution in [2.75, 3.05) is 26.2 Å². The van der Waals surface area contributed by atoms with E-state index in [1.165, 1.54) is 0 Å². The molecule has 6 nitrogen and oxygen atoms in total. The van der Waals surface area contributed by atoms with Crippen LogP contribution >= 0.6 is 0 Å². The molecule has 3 rings (SSSR count). The van der Waals surface area contributed by atoms with Gasteiger partial charge in [0.2, 0.25) is 0 Å². The summed E-state index contributed by atoms with van der Waals surface area (Å²) >= 11 is 0. The molecule has 0 spiro atoms. The number of ether oxygens (including phenoxy) is 1. The molecule has 1 fully saturated rings. The van der Waals surface area contributed by atoms with E-state index in [4.69, 9.17) is 10.00 Å². The van der Waals surface area contributed by atoms with Gasteiger partial charge in [-0.15, -0.1) is 0 Å². The second kappa shape index (κ2) is 8.37. The van der Waals surface area contributed by atoms with Gasteiger partial charge < -0.3 is 14.5 Å². The van der Waals surface area contributed by atoms with Crippen molar-refractivity contribution in [3.63, 3.8) is 0 Å². The molecule has 6 heteroatoms. The third-order valence-electron chi connectivity index (χ3n) is 4.54. The molecule has 0 saturated carbocycles. The Kier molecular flexibility index (Phi) is 5.72. The van der Waals surface area contributed by atoms with Gasteiger partial charge in [0, 0.05) is 31.7 Å². The highest BCUT2D eigenvalue weighted by molar-refractivity contribution is 5.94. The number of amides is 2. The Labute approximate surface area is 158 Å². The van der Waals surface area contributed by atoms with E-state index >= 15 is 0 Å². The lowest BCUT2D eigenvalue weighted by Crippen LogP contribution is -2.53. The Morgan fingerprint density at radius 3 is 2.15 bits per heavy atom. The van der Waals surface area contributed by atoms with Crippen molar-refractivity contribution in [1.29, 1.82) is 5.26 Å². The number of rotatable bonds is 4. The van der Waals surface area contributed by atoms with Crippen LogP contribution in [-0.4, -0.2) is 53.9 Å². The fourth-order valence-electron chi connectivity index (χ4n) is 3.01. The molecule has 0 N–H and O–H groups in total. The third kappa shape index (κ3) is 4.45. The van der Waals surface area contributed by atoms with Gasteiger partial charge in [-0.05, 0) is 43.3 Å². The average molecular weight is 363 g/mol. The summed E-state index contributed by atoms with van der Waals surface area (Å²) in [6.45, 7) is 3.69. The Hall–Kier alpha value is -3.33. The molecule has 1 atom stereocenters. The van der Waals surface area contributed by atoms with E-state index in [0.29, 0.717) is 43.1 Å². The largest absolute Gasteiger partial charge is 0.481 e. The molecule has 2 aromatic rings. The fourth-order valence-corrected chi connectivity index (χ4v) is 3.01.